The quantitative estimate of drug-likeness (QED) is 0.862. The third-order valence-electron chi connectivity index (χ3n) is 2.57. The molecule has 0 fully saturated rings. The lowest BCUT2D eigenvalue weighted by atomic mass is 9.96. The van der Waals surface area contributed by atoms with E-state index in [0.29, 0.717) is 18.1 Å². The van der Waals surface area contributed by atoms with Gasteiger partial charge in [0.1, 0.15) is 5.75 Å². The molecule has 1 aliphatic rings. The maximum atomic E-state index is 10.5. The Bertz CT molecular complexity index is 389. The van der Waals surface area contributed by atoms with E-state index < -0.39 is 5.97 Å². The summed E-state index contributed by atoms with van der Waals surface area (Å²) in [6.45, 7) is 0.534. The minimum absolute atomic E-state index is 0.116. The number of benzene rings is 1. The lowest BCUT2D eigenvalue weighted by molar-refractivity contribution is -0.137. The summed E-state index contributed by atoms with van der Waals surface area (Å²) >= 11 is 6.05. The highest BCUT2D eigenvalue weighted by Gasteiger charge is 2.26. The standard InChI is InChI=1S/C11H11ClO3/c12-8-2-1-3-9-11(8)7(6-15-9)4-5-10(13)14/h1-3,7H,4-6H2,(H,13,14). The summed E-state index contributed by atoms with van der Waals surface area (Å²) in [7, 11) is 0. The van der Waals surface area contributed by atoms with Gasteiger partial charge in [0.25, 0.3) is 0 Å². The number of ether oxygens (including phenoxy) is 1. The minimum Gasteiger partial charge on any atom is -0.493 e. The molecule has 0 amide bonds. The smallest absolute Gasteiger partial charge is 0.303 e. The number of aliphatic carboxylic acids is 1. The zero-order valence-corrected chi connectivity index (χ0v) is 8.83. The third-order valence-corrected chi connectivity index (χ3v) is 2.90. The highest BCUT2D eigenvalue weighted by atomic mass is 35.5. The molecule has 2 rings (SSSR count). The van der Waals surface area contributed by atoms with Gasteiger partial charge >= 0.3 is 5.97 Å². The van der Waals surface area contributed by atoms with Crippen LogP contribution in [0.2, 0.25) is 5.02 Å². The lowest BCUT2D eigenvalue weighted by Crippen LogP contribution is -2.04. The SMILES string of the molecule is O=C(O)CCC1COc2cccc(Cl)c21. The molecule has 1 unspecified atom stereocenters. The Labute approximate surface area is 92.6 Å². The second-order valence-electron chi connectivity index (χ2n) is 3.59. The van der Waals surface area contributed by atoms with Crippen molar-refractivity contribution in [3.05, 3.63) is 28.8 Å². The van der Waals surface area contributed by atoms with Gasteiger partial charge in [0.15, 0.2) is 0 Å². The topological polar surface area (TPSA) is 46.5 Å². The summed E-state index contributed by atoms with van der Waals surface area (Å²) in [6.07, 6.45) is 0.727. The summed E-state index contributed by atoms with van der Waals surface area (Å²) in [6, 6.07) is 5.51. The van der Waals surface area contributed by atoms with Crippen molar-refractivity contribution in [2.75, 3.05) is 6.61 Å². The molecule has 0 radical (unpaired) electrons. The van der Waals surface area contributed by atoms with Crippen molar-refractivity contribution in [1.82, 2.24) is 0 Å². The van der Waals surface area contributed by atoms with Gasteiger partial charge in [-0.2, -0.15) is 0 Å². The predicted octanol–water partition coefficient (Wildman–Crippen LogP) is 2.68. The van der Waals surface area contributed by atoms with Gasteiger partial charge < -0.3 is 9.84 Å². The van der Waals surface area contributed by atoms with Crippen LogP contribution in [0.4, 0.5) is 0 Å². The predicted molar refractivity (Wildman–Crippen MR) is 56.6 cm³/mol. The molecule has 0 aliphatic carbocycles. The van der Waals surface area contributed by atoms with Gasteiger partial charge in [-0.15, -0.1) is 0 Å². The van der Waals surface area contributed by atoms with E-state index in [1.165, 1.54) is 0 Å². The van der Waals surface area contributed by atoms with E-state index >= 15 is 0 Å². The van der Waals surface area contributed by atoms with Crippen LogP contribution in [0.5, 0.6) is 5.75 Å². The van der Waals surface area contributed by atoms with Gasteiger partial charge in [-0.05, 0) is 18.6 Å². The summed E-state index contributed by atoms with van der Waals surface area (Å²) in [5.74, 6) is 0.123. The monoisotopic (exact) mass is 226 g/mol. The van der Waals surface area contributed by atoms with Crippen molar-refractivity contribution in [2.24, 2.45) is 0 Å². The number of carboxylic acids is 1. The first kappa shape index (κ1) is 10.3. The average molecular weight is 227 g/mol. The lowest BCUT2D eigenvalue weighted by Gasteiger charge is -2.07. The van der Waals surface area contributed by atoms with Gasteiger partial charge in [0, 0.05) is 22.9 Å². The minimum atomic E-state index is -0.782. The fourth-order valence-electron chi connectivity index (χ4n) is 1.84. The van der Waals surface area contributed by atoms with Crippen LogP contribution >= 0.6 is 11.6 Å². The zero-order valence-electron chi connectivity index (χ0n) is 8.07. The molecule has 1 aromatic rings. The highest BCUT2D eigenvalue weighted by Crippen LogP contribution is 2.40. The van der Waals surface area contributed by atoms with E-state index in [9.17, 15) is 4.79 Å². The van der Waals surface area contributed by atoms with E-state index in [2.05, 4.69) is 0 Å². The number of rotatable bonds is 3. The van der Waals surface area contributed by atoms with Crippen LogP contribution in [-0.4, -0.2) is 17.7 Å². The van der Waals surface area contributed by atoms with Crippen molar-refractivity contribution in [2.45, 2.75) is 18.8 Å². The van der Waals surface area contributed by atoms with Gasteiger partial charge in [-0.25, -0.2) is 0 Å². The Morgan fingerprint density at radius 3 is 3.13 bits per heavy atom. The first-order chi connectivity index (χ1) is 7.18. The molecule has 0 aromatic heterocycles. The van der Waals surface area contributed by atoms with E-state index in [-0.39, 0.29) is 12.3 Å². The Morgan fingerprint density at radius 2 is 2.40 bits per heavy atom. The van der Waals surface area contributed by atoms with E-state index in [1.807, 2.05) is 18.2 Å². The number of hydrogen-bond donors (Lipinski definition) is 1. The Kier molecular flexibility index (Phi) is 2.82. The molecule has 0 spiro atoms. The third kappa shape index (κ3) is 2.07. The van der Waals surface area contributed by atoms with Crippen LogP contribution in [0, 0.1) is 0 Å². The van der Waals surface area contributed by atoms with E-state index in [4.69, 9.17) is 21.4 Å². The van der Waals surface area contributed by atoms with Gasteiger partial charge in [0.05, 0.1) is 6.61 Å². The molecule has 80 valence electrons. The summed E-state index contributed by atoms with van der Waals surface area (Å²) < 4.78 is 5.45. The maximum absolute atomic E-state index is 10.5. The number of carbonyl (C=O) groups is 1. The second kappa shape index (κ2) is 4.11. The second-order valence-corrected chi connectivity index (χ2v) is 4.00. The fraction of sp³-hybridized carbons (Fsp3) is 0.364. The number of halogens is 1. The van der Waals surface area contributed by atoms with Crippen molar-refractivity contribution in [1.29, 1.82) is 0 Å². The normalized spacial score (nSPS) is 18.3. The molecule has 1 atom stereocenters. The molecule has 0 saturated carbocycles. The molecular weight excluding hydrogens is 216 g/mol. The number of hydrogen-bond acceptors (Lipinski definition) is 2. The Morgan fingerprint density at radius 1 is 1.60 bits per heavy atom. The summed E-state index contributed by atoms with van der Waals surface area (Å²) in [5.41, 5.74) is 0.959. The van der Waals surface area contributed by atoms with Crippen LogP contribution in [0.1, 0.15) is 24.3 Å². The molecule has 0 saturated heterocycles. The largest absolute Gasteiger partial charge is 0.493 e. The van der Waals surface area contributed by atoms with Crippen molar-refractivity contribution in [3.63, 3.8) is 0 Å². The van der Waals surface area contributed by atoms with Gasteiger partial charge in [-0.1, -0.05) is 17.7 Å². The molecular formula is C11H11ClO3. The Hall–Kier alpha value is -1.22. The molecule has 1 N–H and O–H groups in total. The first-order valence-corrected chi connectivity index (χ1v) is 5.19. The van der Waals surface area contributed by atoms with Crippen LogP contribution in [-0.2, 0) is 4.79 Å². The van der Waals surface area contributed by atoms with E-state index in [0.717, 1.165) is 11.3 Å². The molecule has 4 heteroatoms. The van der Waals surface area contributed by atoms with E-state index in [1.54, 1.807) is 0 Å². The molecule has 1 aliphatic heterocycles. The average Bonchev–Trinajstić information content (AvgIpc) is 2.59. The molecule has 0 bridgehead atoms. The van der Waals surface area contributed by atoms with Crippen LogP contribution in [0.15, 0.2) is 18.2 Å². The number of carboxylic acid groups (broad SMARTS) is 1. The van der Waals surface area contributed by atoms with Crippen molar-refractivity contribution in [3.8, 4) is 5.75 Å². The molecule has 1 aromatic carbocycles. The van der Waals surface area contributed by atoms with Crippen LogP contribution in [0.25, 0.3) is 0 Å². The molecule has 3 nitrogen and oxygen atoms in total. The highest BCUT2D eigenvalue weighted by molar-refractivity contribution is 6.31. The van der Waals surface area contributed by atoms with Gasteiger partial charge in [0.2, 0.25) is 0 Å². The van der Waals surface area contributed by atoms with Crippen molar-refractivity contribution >= 4 is 17.6 Å². The Balaban J connectivity index is 2.17. The van der Waals surface area contributed by atoms with Crippen LogP contribution < -0.4 is 4.74 Å². The fourth-order valence-corrected chi connectivity index (χ4v) is 2.16. The number of fused-ring (bicyclic) bond motifs is 1. The van der Waals surface area contributed by atoms with Crippen molar-refractivity contribution < 1.29 is 14.6 Å². The summed E-state index contributed by atoms with van der Waals surface area (Å²) in [4.78, 5) is 10.5. The maximum Gasteiger partial charge on any atom is 0.303 e. The zero-order chi connectivity index (χ0) is 10.8. The molecule has 15 heavy (non-hydrogen) atoms. The van der Waals surface area contributed by atoms with Gasteiger partial charge in [-0.3, -0.25) is 4.79 Å². The first-order valence-electron chi connectivity index (χ1n) is 4.81. The molecule has 1 heterocycles. The van der Waals surface area contributed by atoms with Crippen LogP contribution in [0.3, 0.4) is 0 Å². The summed E-state index contributed by atoms with van der Waals surface area (Å²) in [5, 5.41) is 9.28.